The molecule has 0 unspecified atom stereocenters. The summed E-state index contributed by atoms with van der Waals surface area (Å²) in [5.74, 6) is 0. The first-order chi connectivity index (χ1) is 15.7. The van der Waals surface area contributed by atoms with Gasteiger partial charge in [-0.25, -0.2) is 0 Å². The molecule has 0 radical (unpaired) electrons. The van der Waals surface area contributed by atoms with Crippen LogP contribution >= 0.6 is 0 Å². The summed E-state index contributed by atoms with van der Waals surface area (Å²) in [5, 5.41) is 0. The molecule has 0 bridgehead atoms. The Balaban J connectivity index is -0.000000189. The fraction of sp³-hybridized carbons (Fsp3) is 0.875. The number of rotatable bonds is 23. The molecule has 0 saturated heterocycles. The molecular weight excluding hydrogens is 411 g/mol. The first kappa shape index (κ1) is 40.4. The molecule has 0 fully saturated rings. The quantitative estimate of drug-likeness (QED) is 0.0781. The summed E-state index contributed by atoms with van der Waals surface area (Å²) in [4.78, 5) is 0. The van der Waals surface area contributed by atoms with E-state index in [0.717, 1.165) is 19.3 Å². The van der Waals surface area contributed by atoms with E-state index < -0.39 is 0 Å². The van der Waals surface area contributed by atoms with E-state index in [1.807, 2.05) is 0 Å². The van der Waals surface area contributed by atoms with Gasteiger partial charge in [-0.15, -0.1) is 0 Å². The van der Waals surface area contributed by atoms with Crippen LogP contribution in [0.2, 0.25) is 0 Å². The summed E-state index contributed by atoms with van der Waals surface area (Å²) in [5.41, 5.74) is 0. The molecule has 0 amide bonds. The van der Waals surface area contributed by atoms with Crippen LogP contribution in [0.1, 0.15) is 181 Å². The van der Waals surface area contributed by atoms with Crippen molar-refractivity contribution in [3.05, 3.63) is 26.5 Å². The molecule has 0 aromatic rings. The largest absolute Gasteiger partial charge is 3.00 e. The SMILES string of the molecule is [Al+3].[CH-]=CCCCCCCCCCC.[CH2-]CCCCCCCCC.[CH2-]CCCCCCCCC. The van der Waals surface area contributed by atoms with E-state index in [2.05, 4.69) is 34.6 Å². The van der Waals surface area contributed by atoms with Crippen LogP contribution in [0.5, 0.6) is 0 Å². The smallest absolute Gasteiger partial charge is 0.518 e. The Morgan fingerprint density at radius 1 is 0.424 bits per heavy atom. The zero-order valence-corrected chi connectivity index (χ0v) is 25.0. The van der Waals surface area contributed by atoms with Gasteiger partial charge in [-0.2, -0.15) is 12.8 Å². The summed E-state index contributed by atoms with van der Waals surface area (Å²) in [6, 6.07) is 0. The molecule has 0 aliphatic carbocycles. The van der Waals surface area contributed by atoms with Crippen LogP contribution in [0.25, 0.3) is 0 Å². The van der Waals surface area contributed by atoms with Gasteiger partial charge in [0.2, 0.25) is 0 Å². The molecule has 0 rings (SSSR count). The van der Waals surface area contributed by atoms with Gasteiger partial charge in [-0.05, 0) is 0 Å². The average Bonchev–Trinajstić information content (AvgIpc) is 2.81. The molecule has 0 saturated carbocycles. The monoisotopic (exact) mass is 476 g/mol. The minimum absolute atomic E-state index is 0. The van der Waals surface area contributed by atoms with Crippen LogP contribution in [0.3, 0.4) is 0 Å². The van der Waals surface area contributed by atoms with E-state index in [1.54, 1.807) is 6.08 Å². The Hall–Kier alpha value is 0.272. The summed E-state index contributed by atoms with van der Waals surface area (Å²) >= 11 is 0. The maximum Gasteiger partial charge on any atom is 3.00 e. The van der Waals surface area contributed by atoms with Crippen molar-refractivity contribution in [3.63, 3.8) is 0 Å². The van der Waals surface area contributed by atoms with E-state index >= 15 is 0 Å². The molecule has 33 heavy (non-hydrogen) atoms. The van der Waals surface area contributed by atoms with Crippen LogP contribution in [0.15, 0.2) is 6.08 Å². The summed E-state index contributed by atoms with van der Waals surface area (Å²) < 4.78 is 0. The van der Waals surface area contributed by atoms with Gasteiger partial charge in [0, 0.05) is 0 Å². The second-order valence-corrected chi connectivity index (χ2v) is 9.45. The minimum Gasteiger partial charge on any atom is -0.518 e. The molecule has 0 nitrogen and oxygen atoms in total. The fourth-order valence-corrected chi connectivity index (χ4v) is 3.66. The van der Waals surface area contributed by atoms with Crippen molar-refractivity contribution in [1.82, 2.24) is 0 Å². The van der Waals surface area contributed by atoms with Gasteiger partial charge in [-0.1, -0.05) is 168 Å². The molecule has 0 aliphatic heterocycles. The van der Waals surface area contributed by atoms with Crippen LogP contribution in [0, 0.1) is 20.4 Å². The Kier molecular flexibility index (Phi) is 56.0. The van der Waals surface area contributed by atoms with Crippen molar-refractivity contribution >= 4 is 17.4 Å². The first-order valence-corrected chi connectivity index (χ1v) is 14.9. The van der Waals surface area contributed by atoms with Crippen molar-refractivity contribution in [2.75, 3.05) is 0 Å². The van der Waals surface area contributed by atoms with Crippen molar-refractivity contribution in [2.24, 2.45) is 0 Å². The molecule has 0 N–H and O–H groups in total. The Labute approximate surface area is 224 Å². The van der Waals surface area contributed by atoms with E-state index in [9.17, 15) is 0 Å². The predicted molar refractivity (Wildman–Crippen MR) is 158 cm³/mol. The normalized spacial score (nSPS) is 9.85. The number of hydrogen-bond donors (Lipinski definition) is 0. The molecule has 0 spiro atoms. The molecule has 0 aromatic heterocycles. The van der Waals surface area contributed by atoms with Gasteiger partial charge >= 0.3 is 17.4 Å². The van der Waals surface area contributed by atoms with Gasteiger partial charge in [0.15, 0.2) is 0 Å². The van der Waals surface area contributed by atoms with Gasteiger partial charge < -0.3 is 20.4 Å². The Morgan fingerprint density at radius 2 is 0.667 bits per heavy atom. The minimum atomic E-state index is 0. The molecule has 0 atom stereocenters. The fourth-order valence-electron chi connectivity index (χ4n) is 3.66. The third-order valence-corrected chi connectivity index (χ3v) is 5.93. The predicted octanol–water partition coefficient (Wildman–Crippen LogP) is 12.0. The summed E-state index contributed by atoms with van der Waals surface area (Å²) in [6.07, 6.45) is 35.8. The maximum absolute atomic E-state index is 5.28. The Morgan fingerprint density at radius 3 is 0.909 bits per heavy atom. The number of allylic oxidation sites excluding steroid dienone is 1. The van der Waals surface area contributed by atoms with Gasteiger partial charge in [0.05, 0.1) is 0 Å². The zero-order valence-electron chi connectivity index (χ0n) is 23.8. The van der Waals surface area contributed by atoms with Gasteiger partial charge in [-0.3, -0.25) is 6.08 Å². The van der Waals surface area contributed by atoms with Crippen LogP contribution in [-0.4, -0.2) is 17.4 Å². The molecule has 0 aliphatic rings. The standard InChI is InChI=1S/C12H23.2C10H21.Al/c1-3-5-7-9-11-12-10-8-6-4-2;2*1-3-5-7-9-10-8-6-4-2;/h1,3H,4-12H2,2H3;2*1,3-10H2,2H3;/q3*-1;+3. The van der Waals surface area contributed by atoms with Crippen LogP contribution < -0.4 is 0 Å². The average molecular weight is 477 g/mol. The van der Waals surface area contributed by atoms with Crippen LogP contribution in [-0.2, 0) is 0 Å². The second-order valence-electron chi connectivity index (χ2n) is 9.45. The maximum atomic E-state index is 5.28. The van der Waals surface area contributed by atoms with Crippen LogP contribution in [0.4, 0.5) is 0 Å². The molecule has 0 aromatic carbocycles. The molecule has 1 heteroatoms. The van der Waals surface area contributed by atoms with E-state index in [-0.39, 0.29) is 17.4 Å². The molecular formula is C32H65Al. The van der Waals surface area contributed by atoms with E-state index in [4.69, 9.17) is 6.58 Å². The summed E-state index contributed by atoms with van der Waals surface area (Å²) in [7, 11) is 0. The van der Waals surface area contributed by atoms with Gasteiger partial charge in [0.1, 0.15) is 0 Å². The summed E-state index contributed by atoms with van der Waals surface area (Å²) in [6.45, 7) is 19.7. The first-order valence-electron chi connectivity index (χ1n) is 14.9. The molecule has 0 heterocycles. The van der Waals surface area contributed by atoms with Crippen molar-refractivity contribution in [2.45, 2.75) is 181 Å². The Bertz CT molecular complexity index is 242. The third kappa shape index (κ3) is 54.6. The van der Waals surface area contributed by atoms with Crippen molar-refractivity contribution < 1.29 is 0 Å². The van der Waals surface area contributed by atoms with Gasteiger partial charge in [0.25, 0.3) is 0 Å². The topological polar surface area (TPSA) is 0 Å². The van der Waals surface area contributed by atoms with Crippen molar-refractivity contribution in [3.8, 4) is 0 Å². The molecule has 196 valence electrons. The number of unbranched alkanes of at least 4 members (excludes halogenated alkanes) is 22. The third-order valence-electron chi connectivity index (χ3n) is 5.93. The van der Waals surface area contributed by atoms with Crippen molar-refractivity contribution in [1.29, 1.82) is 0 Å². The zero-order chi connectivity index (χ0) is 24.4. The van der Waals surface area contributed by atoms with E-state index in [0.29, 0.717) is 0 Å². The second kappa shape index (κ2) is 45.7. The number of hydrogen-bond acceptors (Lipinski definition) is 0. The van der Waals surface area contributed by atoms with E-state index in [1.165, 1.54) is 141 Å².